The zero-order chi connectivity index (χ0) is 10.6. The molecular weight excluding hydrogens is 176 g/mol. The largest absolute Gasteiger partial charge is 0.497 e. The molecule has 1 atom stereocenters. The number of ether oxygens (including phenoxy) is 1. The smallest absolute Gasteiger partial charge is 0.139 e. The highest BCUT2D eigenvalue weighted by Crippen LogP contribution is 2.21. The summed E-state index contributed by atoms with van der Waals surface area (Å²) in [5, 5.41) is 0. The summed E-state index contributed by atoms with van der Waals surface area (Å²) in [6, 6.07) is 7.67. The maximum atomic E-state index is 11.5. The quantitative estimate of drug-likeness (QED) is 0.733. The second-order valence-electron chi connectivity index (χ2n) is 3.32. The Hall–Kier alpha value is -1.31. The van der Waals surface area contributed by atoms with E-state index < -0.39 is 0 Å². The molecule has 0 bridgehead atoms. The summed E-state index contributed by atoms with van der Waals surface area (Å²) in [5.41, 5.74) is 1.02. The number of ketones is 1. The summed E-state index contributed by atoms with van der Waals surface area (Å²) in [4.78, 5) is 11.5. The third-order valence-electron chi connectivity index (χ3n) is 2.43. The van der Waals surface area contributed by atoms with Gasteiger partial charge in [-0.1, -0.05) is 26.0 Å². The molecule has 1 rings (SSSR count). The lowest BCUT2D eigenvalue weighted by Gasteiger charge is -2.10. The van der Waals surface area contributed by atoms with Gasteiger partial charge in [0, 0.05) is 12.3 Å². The molecule has 0 aliphatic rings. The summed E-state index contributed by atoms with van der Waals surface area (Å²) < 4.78 is 5.11. The molecule has 2 heteroatoms. The van der Waals surface area contributed by atoms with Gasteiger partial charge < -0.3 is 4.74 Å². The average molecular weight is 192 g/mol. The van der Waals surface area contributed by atoms with Gasteiger partial charge in [0.1, 0.15) is 11.5 Å². The fourth-order valence-corrected chi connectivity index (χ4v) is 1.40. The van der Waals surface area contributed by atoms with Crippen molar-refractivity contribution in [1.29, 1.82) is 0 Å². The fraction of sp³-hybridized carbons (Fsp3) is 0.417. The first-order valence-electron chi connectivity index (χ1n) is 4.85. The van der Waals surface area contributed by atoms with E-state index in [2.05, 4.69) is 0 Å². The number of carbonyl (C=O) groups excluding carboxylic acids is 1. The molecule has 0 spiro atoms. The van der Waals surface area contributed by atoms with Crippen LogP contribution in [0, 0.1) is 0 Å². The Labute approximate surface area is 84.9 Å². The van der Waals surface area contributed by atoms with Crippen molar-refractivity contribution in [3.8, 4) is 5.75 Å². The molecule has 0 heterocycles. The first-order valence-corrected chi connectivity index (χ1v) is 4.85. The van der Waals surface area contributed by atoms with Crippen LogP contribution in [0.1, 0.15) is 31.7 Å². The van der Waals surface area contributed by atoms with E-state index in [1.807, 2.05) is 38.1 Å². The highest BCUT2D eigenvalue weighted by molar-refractivity contribution is 5.85. The van der Waals surface area contributed by atoms with Crippen LogP contribution < -0.4 is 4.74 Å². The number of carbonyl (C=O) groups is 1. The number of rotatable bonds is 4. The predicted molar refractivity (Wildman–Crippen MR) is 56.7 cm³/mol. The van der Waals surface area contributed by atoms with Gasteiger partial charge in [-0.3, -0.25) is 4.79 Å². The monoisotopic (exact) mass is 192 g/mol. The minimum absolute atomic E-state index is 0.0323. The van der Waals surface area contributed by atoms with Crippen LogP contribution in [0.3, 0.4) is 0 Å². The molecule has 0 amide bonds. The third-order valence-corrected chi connectivity index (χ3v) is 2.43. The normalized spacial score (nSPS) is 12.2. The lowest BCUT2D eigenvalue weighted by molar-refractivity contribution is -0.119. The molecule has 0 aliphatic heterocycles. The van der Waals surface area contributed by atoms with Crippen molar-refractivity contribution in [2.45, 2.75) is 26.2 Å². The molecule has 76 valence electrons. The highest BCUT2D eigenvalue weighted by atomic mass is 16.5. The molecule has 0 aromatic heterocycles. The van der Waals surface area contributed by atoms with Crippen LogP contribution in [0.25, 0.3) is 0 Å². The van der Waals surface area contributed by atoms with Crippen LogP contribution in [-0.2, 0) is 4.79 Å². The van der Waals surface area contributed by atoms with E-state index in [0.717, 1.165) is 11.3 Å². The second-order valence-corrected chi connectivity index (χ2v) is 3.32. The van der Waals surface area contributed by atoms with Crippen molar-refractivity contribution < 1.29 is 9.53 Å². The van der Waals surface area contributed by atoms with Crippen LogP contribution in [0.2, 0.25) is 0 Å². The van der Waals surface area contributed by atoms with Crippen molar-refractivity contribution in [2.24, 2.45) is 0 Å². The molecule has 1 aromatic carbocycles. The Kier molecular flexibility index (Phi) is 3.69. The SMILES string of the molecule is CCC(=O)C(C)c1cccc(OC)c1. The first kappa shape index (κ1) is 10.8. The van der Waals surface area contributed by atoms with E-state index in [1.54, 1.807) is 7.11 Å². The van der Waals surface area contributed by atoms with Gasteiger partial charge in [0.25, 0.3) is 0 Å². The van der Waals surface area contributed by atoms with Crippen molar-refractivity contribution in [3.05, 3.63) is 29.8 Å². The highest BCUT2D eigenvalue weighted by Gasteiger charge is 2.13. The maximum absolute atomic E-state index is 11.5. The molecule has 0 saturated carbocycles. The topological polar surface area (TPSA) is 26.3 Å². The lowest BCUT2D eigenvalue weighted by Crippen LogP contribution is -2.07. The van der Waals surface area contributed by atoms with Crippen molar-refractivity contribution in [3.63, 3.8) is 0 Å². The van der Waals surface area contributed by atoms with E-state index in [0.29, 0.717) is 6.42 Å². The molecular formula is C12H16O2. The molecule has 2 nitrogen and oxygen atoms in total. The van der Waals surface area contributed by atoms with Gasteiger partial charge in [-0.05, 0) is 17.7 Å². The Bertz CT molecular complexity index is 318. The van der Waals surface area contributed by atoms with Gasteiger partial charge in [-0.15, -0.1) is 0 Å². The van der Waals surface area contributed by atoms with Gasteiger partial charge in [0.15, 0.2) is 0 Å². The second kappa shape index (κ2) is 4.80. The zero-order valence-corrected chi connectivity index (χ0v) is 8.91. The Morgan fingerprint density at radius 1 is 1.50 bits per heavy atom. The van der Waals surface area contributed by atoms with E-state index in [9.17, 15) is 4.79 Å². The third kappa shape index (κ3) is 2.34. The number of hydrogen-bond acceptors (Lipinski definition) is 2. The van der Waals surface area contributed by atoms with Gasteiger partial charge in [-0.2, -0.15) is 0 Å². The van der Waals surface area contributed by atoms with Gasteiger partial charge in [0.05, 0.1) is 7.11 Å². The van der Waals surface area contributed by atoms with Gasteiger partial charge >= 0.3 is 0 Å². The Morgan fingerprint density at radius 2 is 2.21 bits per heavy atom. The molecule has 14 heavy (non-hydrogen) atoms. The zero-order valence-electron chi connectivity index (χ0n) is 8.91. The average Bonchev–Trinajstić information content (AvgIpc) is 2.27. The summed E-state index contributed by atoms with van der Waals surface area (Å²) in [7, 11) is 1.63. The first-order chi connectivity index (χ1) is 6.69. The van der Waals surface area contributed by atoms with Crippen LogP contribution in [0.4, 0.5) is 0 Å². The minimum Gasteiger partial charge on any atom is -0.497 e. The molecule has 0 saturated heterocycles. The molecule has 0 fully saturated rings. The summed E-state index contributed by atoms with van der Waals surface area (Å²) in [6.45, 7) is 3.82. The Balaban J connectivity index is 2.89. The van der Waals surface area contributed by atoms with Crippen molar-refractivity contribution in [2.75, 3.05) is 7.11 Å². The minimum atomic E-state index is -0.0323. The number of benzene rings is 1. The number of methoxy groups -OCH3 is 1. The standard InChI is InChI=1S/C12H16O2/c1-4-12(13)9(2)10-6-5-7-11(8-10)14-3/h5-9H,4H2,1-3H3. The predicted octanol–water partition coefficient (Wildman–Crippen LogP) is 2.78. The Morgan fingerprint density at radius 3 is 2.79 bits per heavy atom. The molecule has 0 aliphatic carbocycles. The molecule has 0 radical (unpaired) electrons. The molecule has 0 N–H and O–H groups in total. The fourth-order valence-electron chi connectivity index (χ4n) is 1.40. The van der Waals surface area contributed by atoms with Crippen LogP contribution in [0.5, 0.6) is 5.75 Å². The maximum Gasteiger partial charge on any atom is 0.139 e. The van der Waals surface area contributed by atoms with Gasteiger partial charge in [-0.25, -0.2) is 0 Å². The van der Waals surface area contributed by atoms with Gasteiger partial charge in [0.2, 0.25) is 0 Å². The van der Waals surface area contributed by atoms with E-state index in [1.165, 1.54) is 0 Å². The molecule has 1 unspecified atom stereocenters. The molecule has 1 aromatic rings. The van der Waals surface area contributed by atoms with Crippen LogP contribution >= 0.6 is 0 Å². The summed E-state index contributed by atoms with van der Waals surface area (Å²) in [6.07, 6.45) is 0.582. The van der Waals surface area contributed by atoms with E-state index in [-0.39, 0.29) is 11.7 Å². The van der Waals surface area contributed by atoms with Crippen molar-refractivity contribution in [1.82, 2.24) is 0 Å². The van der Waals surface area contributed by atoms with Crippen molar-refractivity contribution >= 4 is 5.78 Å². The van der Waals surface area contributed by atoms with E-state index >= 15 is 0 Å². The number of Topliss-reactive ketones (excluding diaryl/α,β-unsaturated/α-hetero) is 1. The summed E-state index contributed by atoms with van der Waals surface area (Å²) >= 11 is 0. The van der Waals surface area contributed by atoms with Crippen LogP contribution in [-0.4, -0.2) is 12.9 Å². The number of hydrogen-bond donors (Lipinski definition) is 0. The summed E-state index contributed by atoms with van der Waals surface area (Å²) in [5.74, 6) is 1.03. The van der Waals surface area contributed by atoms with E-state index in [4.69, 9.17) is 4.74 Å². The lowest BCUT2D eigenvalue weighted by atomic mass is 9.95. The van der Waals surface area contributed by atoms with Crippen LogP contribution in [0.15, 0.2) is 24.3 Å².